The summed E-state index contributed by atoms with van der Waals surface area (Å²) in [6, 6.07) is 10.7. The molecule has 0 amide bonds. The second-order valence-corrected chi connectivity index (χ2v) is 4.44. The Bertz CT molecular complexity index is 543. The summed E-state index contributed by atoms with van der Waals surface area (Å²) < 4.78 is 0. The monoisotopic (exact) mass is 261 g/mol. The molecule has 1 unspecified atom stereocenters. The maximum Gasteiger partial charge on any atom is 0.311 e. The van der Waals surface area contributed by atoms with Crippen LogP contribution in [0.2, 0.25) is 5.02 Å². The molecule has 0 aliphatic carbocycles. The van der Waals surface area contributed by atoms with Crippen LogP contribution in [0, 0.1) is 0 Å². The molecule has 1 atom stereocenters. The summed E-state index contributed by atoms with van der Waals surface area (Å²) in [4.78, 5) is 15.2. The fourth-order valence-corrected chi connectivity index (χ4v) is 2.06. The molecular weight excluding hydrogens is 250 g/mol. The molecule has 0 radical (unpaired) electrons. The second-order valence-electron chi connectivity index (χ2n) is 4.01. The largest absolute Gasteiger partial charge is 0.481 e. The highest BCUT2D eigenvalue weighted by molar-refractivity contribution is 6.30. The van der Waals surface area contributed by atoms with E-state index < -0.39 is 11.9 Å². The molecule has 92 valence electrons. The van der Waals surface area contributed by atoms with Crippen molar-refractivity contribution in [2.45, 2.75) is 12.3 Å². The van der Waals surface area contributed by atoms with E-state index in [-0.39, 0.29) is 0 Å². The number of aliphatic carboxylic acids is 1. The van der Waals surface area contributed by atoms with Gasteiger partial charge < -0.3 is 5.11 Å². The summed E-state index contributed by atoms with van der Waals surface area (Å²) in [6.45, 7) is 0. The Morgan fingerprint density at radius 1 is 1.28 bits per heavy atom. The average molecular weight is 262 g/mol. The lowest BCUT2D eigenvalue weighted by Gasteiger charge is -2.12. The lowest BCUT2D eigenvalue weighted by molar-refractivity contribution is -0.138. The number of aromatic nitrogens is 1. The van der Waals surface area contributed by atoms with Gasteiger partial charge in [-0.15, -0.1) is 0 Å². The standard InChI is InChI=1S/C14H12ClNO2/c15-12-3-1-2-10(8-12)9-13(14(17)18)11-4-6-16-7-5-11/h1-8,13H,9H2,(H,17,18). The topological polar surface area (TPSA) is 50.2 Å². The van der Waals surface area contributed by atoms with E-state index in [9.17, 15) is 9.90 Å². The van der Waals surface area contributed by atoms with Crippen LogP contribution in [0.3, 0.4) is 0 Å². The van der Waals surface area contributed by atoms with Crippen LogP contribution in [0.15, 0.2) is 48.8 Å². The minimum absolute atomic E-state index is 0.417. The first-order chi connectivity index (χ1) is 8.66. The van der Waals surface area contributed by atoms with Crippen LogP contribution in [-0.2, 0) is 11.2 Å². The number of benzene rings is 1. The van der Waals surface area contributed by atoms with E-state index >= 15 is 0 Å². The summed E-state index contributed by atoms with van der Waals surface area (Å²) >= 11 is 5.90. The van der Waals surface area contributed by atoms with Crippen LogP contribution in [-0.4, -0.2) is 16.1 Å². The molecule has 1 heterocycles. The Labute approximate surface area is 110 Å². The van der Waals surface area contributed by atoms with Crippen LogP contribution in [0.5, 0.6) is 0 Å². The van der Waals surface area contributed by atoms with Gasteiger partial charge in [-0.2, -0.15) is 0 Å². The molecule has 0 bridgehead atoms. The Morgan fingerprint density at radius 2 is 2.00 bits per heavy atom. The molecule has 0 fully saturated rings. The number of pyridine rings is 1. The van der Waals surface area contributed by atoms with E-state index in [2.05, 4.69) is 4.98 Å². The van der Waals surface area contributed by atoms with Crippen LogP contribution >= 0.6 is 11.6 Å². The first kappa shape index (κ1) is 12.6. The molecule has 1 aromatic heterocycles. The SMILES string of the molecule is O=C(O)C(Cc1cccc(Cl)c1)c1ccncc1. The zero-order valence-electron chi connectivity index (χ0n) is 9.58. The van der Waals surface area contributed by atoms with Crippen molar-refractivity contribution in [1.82, 2.24) is 4.98 Å². The number of halogens is 1. The Kier molecular flexibility index (Phi) is 3.95. The highest BCUT2D eigenvalue weighted by Crippen LogP contribution is 2.22. The second kappa shape index (κ2) is 5.65. The molecule has 1 N–H and O–H groups in total. The minimum Gasteiger partial charge on any atom is -0.481 e. The van der Waals surface area contributed by atoms with Crippen molar-refractivity contribution in [3.8, 4) is 0 Å². The van der Waals surface area contributed by atoms with E-state index in [1.165, 1.54) is 0 Å². The third-order valence-corrected chi connectivity index (χ3v) is 2.97. The van der Waals surface area contributed by atoms with Gasteiger partial charge in [0.2, 0.25) is 0 Å². The first-order valence-corrected chi connectivity index (χ1v) is 5.92. The fraction of sp³-hybridized carbons (Fsp3) is 0.143. The fourth-order valence-electron chi connectivity index (χ4n) is 1.84. The van der Waals surface area contributed by atoms with Crippen molar-refractivity contribution in [2.75, 3.05) is 0 Å². The zero-order valence-corrected chi connectivity index (χ0v) is 10.3. The molecule has 0 spiro atoms. The summed E-state index contributed by atoms with van der Waals surface area (Å²) in [5, 5.41) is 9.92. The number of hydrogen-bond acceptors (Lipinski definition) is 2. The van der Waals surface area contributed by atoms with Gasteiger partial charge in [-0.3, -0.25) is 9.78 Å². The molecule has 0 aliphatic heterocycles. The van der Waals surface area contributed by atoms with E-state index in [0.717, 1.165) is 11.1 Å². The first-order valence-electron chi connectivity index (χ1n) is 5.54. The van der Waals surface area contributed by atoms with Gasteiger partial charge >= 0.3 is 5.97 Å². The molecule has 1 aromatic carbocycles. The van der Waals surface area contributed by atoms with Crippen LogP contribution < -0.4 is 0 Å². The quantitative estimate of drug-likeness (QED) is 0.920. The third kappa shape index (κ3) is 3.08. The minimum atomic E-state index is -0.846. The Hall–Kier alpha value is -1.87. The number of nitrogens with zero attached hydrogens (tertiary/aromatic N) is 1. The van der Waals surface area contributed by atoms with Crippen molar-refractivity contribution in [2.24, 2.45) is 0 Å². The lowest BCUT2D eigenvalue weighted by Crippen LogP contribution is -2.14. The van der Waals surface area contributed by atoms with E-state index in [1.807, 2.05) is 12.1 Å². The van der Waals surface area contributed by atoms with Gasteiger partial charge in [0.05, 0.1) is 5.92 Å². The summed E-state index contributed by atoms with van der Waals surface area (Å²) in [7, 11) is 0. The van der Waals surface area contributed by atoms with Gasteiger partial charge in [0, 0.05) is 17.4 Å². The molecule has 0 saturated carbocycles. The van der Waals surface area contributed by atoms with Crippen molar-refractivity contribution in [3.05, 3.63) is 64.9 Å². The van der Waals surface area contributed by atoms with Crippen molar-refractivity contribution < 1.29 is 9.90 Å². The summed E-state index contributed by atoms with van der Waals surface area (Å²) in [5.41, 5.74) is 1.66. The summed E-state index contributed by atoms with van der Waals surface area (Å²) in [5.74, 6) is -1.42. The highest BCUT2D eigenvalue weighted by atomic mass is 35.5. The molecule has 2 rings (SSSR count). The number of carboxylic acid groups (broad SMARTS) is 1. The number of carbonyl (C=O) groups is 1. The van der Waals surface area contributed by atoms with Gasteiger partial charge in [0.15, 0.2) is 0 Å². The molecule has 18 heavy (non-hydrogen) atoms. The molecule has 3 nitrogen and oxygen atoms in total. The lowest BCUT2D eigenvalue weighted by atomic mass is 9.93. The van der Waals surface area contributed by atoms with Gasteiger partial charge in [0.1, 0.15) is 0 Å². The van der Waals surface area contributed by atoms with Gasteiger partial charge in [-0.05, 0) is 41.8 Å². The molecular formula is C14H12ClNO2. The number of hydrogen-bond donors (Lipinski definition) is 1. The average Bonchev–Trinajstić information content (AvgIpc) is 2.37. The van der Waals surface area contributed by atoms with Gasteiger partial charge in [-0.1, -0.05) is 23.7 Å². The van der Waals surface area contributed by atoms with E-state index in [4.69, 9.17) is 11.6 Å². The summed E-state index contributed by atoms with van der Waals surface area (Å²) in [6.07, 6.45) is 3.62. The van der Waals surface area contributed by atoms with Crippen molar-refractivity contribution in [3.63, 3.8) is 0 Å². The van der Waals surface area contributed by atoms with E-state index in [0.29, 0.717) is 11.4 Å². The third-order valence-electron chi connectivity index (χ3n) is 2.74. The Morgan fingerprint density at radius 3 is 2.61 bits per heavy atom. The molecule has 2 aromatic rings. The highest BCUT2D eigenvalue weighted by Gasteiger charge is 2.20. The van der Waals surface area contributed by atoms with E-state index in [1.54, 1.807) is 36.7 Å². The maximum absolute atomic E-state index is 11.3. The number of carboxylic acids is 1. The normalized spacial score (nSPS) is 12.1. The van der Waals surface area contributed by atoms with Gasteiger partial charge in [0.25, 0.3) is 0 Å². The van der Waals surface area contributed by atoms with Crippen LogP contribution in [0.1, 0.15) is 17.0 Å². The van der Waals surface area contributed by atoms with Crippen LogP contribution in [0.25, 0.3) is 0 Å². The number of rotatable bonds is 4. The smallest absolute Gasteiger partial charge is 0.311 e. The molecule has 0 saturated heterocycles. The predicted octanol–water partition coefficient (Wildman–Crippen LogP) is 3.15. The maximum atomic E-state index is 11.3. The Balaban J connectivity index is 2.25. The predicted molar refractivity (Wildman–Crippen MR) is 69.8 cm³/mol. The molecule has 0 aliphatic rings. The van der Waals surface area contributed by atoms with Gasteiger partial charge in [-0.25, -0.2) is 0 Å². The van der Waals surface area contributed by atoms with Crippen LogP contribution in [0.4, 0.5) is 0 Å². The molecule has 4 heteroatoms. The zero-order chi connectivity index (χ0) is 13.0. The van der Waals surface area contributed by atoms with Crippen molar-refractivity contribution in [1.29, 1.82) is 0 Å². The van der Waals surface area contributed by atoms with Crippen molar-refractivity contribution >= 4 is 17.6 Å².